The van der Waals surface area contributed by atoms with Gasteiger partial charge in [-0.2, -0.15) is 0 Å². The average Bonchev–Trinajstić information content (AvgIpc) is 2.92. The van der Waals surface area contributed by atoms with Crippen LogP contribution in [0.25, 0.3) is 11.0 Å². The Kier molecular flexibility index (Phi) is 8.63. The highest BCUT2D eigenvalue weighted by Crippen LogP contribution is 2.40. The van der Waals surface area contributed by atoms with Crippen LogP contribution in [0.1, 0.15) is 89.8 Å². The van der Waals surface area contributed by atoms with Gasteiger partial charge < -0.3 is 15.0 Å². The molecule has 0 unspecified atom stereocenters. The van der Waals surface area contributed by atoms with E-state index in [4.69, 9.17) is 9.72 Å². The molecule has 0 saturated heterocycles. The Balaban J connectivity index is 1.62. The number of fused-ring (bicyclic) bond motifs is 1. The van der Waals surface area contributed by atoms with E-state index in [0.717, 1.165) is 65.6 Å². The molecule has 6 nitrogen and oxygen atoms in total. The Morgan fingerprint density at radius 3 is 2.41 bits per heavy atom. The first-order chi connectivity index (χ1) is 18.5. The van der Waals surface area contributed by atoms with E-state index in [-0.39, 0.29) is 23.3 Å². The van der Waals surface area contributed by atoms with E-state index in [2.05, 4.69) is 75.8 Å². The lowest BCUT2D eigenvalue weighted by molar-refractivity contribution is -0.139. The molecule has 6 heteroatoms. The number of aromatic nitrogens is 2. The number of carbonyl (C=O) groups excluding carboxylic acids is 1. The molecule has 1 fully saturated rings. The SMILES string of the molecule is C=C1CCC(C(=O)N(C)[C@@H](c2ccc(Nc3cnc4ccc(OC)nc4c3[C@H](C)CC)cc2)C(C)(C)C)CC1. The Morgan fingerprint density at radius 2 is 1.82 bits per heavy atom. The molecule has 39 heavy (non-hydrogen) atoms. The van der Waals surface area contributed by atoms with Crippen LogP contribution in [0.2, 0.25) is 0 Å². The quantitative estimate of drug-likeness (QED) is 0.299. The fourth-order valence-corrected chi connectivity index (χ4v) is 5.88. The van der Waals surface area contributed by atoms with Gasteiger partial charge in [-0.3, -0.25) is 9.78 Å². The number of carbonyl (C=O) groups is 1. The number of nitrogens with zero attached hydrogens (tertiary/aromatic N) is 3. The van der Waals surface area contributed by atoms with Crippen molar-refractivity contribution < 1.29 is 9.53 Å². The van der Waals surface area contributed by atoms with Crippen molar-refractivity contribution >= 4 is 28.3 Å². The second kappa shape index (κ2) is 11.8. The van der Waals surface area contributed by atoms with Crippen LogP contribution in [0.4, 0.5) is 11.4 Å². The maximum atomic E-state index is 13.5. The second-order valence-corrected chi connectivity index (χ2v) is 12.1. The van der Waals surface area contributed by atoms with Gasteiger partial charge in [0, 0.05) is 30.3 Å². The zero-order valence-corrected chi connectivity index (χ0v) is 24.7. The number of nitrogens with one attached hydrogen (secondary N) is 1. The first-order valence-corrected chi connectivity index (χ1v) is 14.2. The largest absolute Gasteiger partial charge is 0.481 e. The summed E-state index contributed by atoms with van der Waals surface area (Å²) in [7, 11) is 3.60. The number of methoxy groups -OCH3 is 1. The second-order valence-electron chi connectivity index (χ2n) is 12.1. The first-order valence-electron chi connectivity index (χ1n) is 14.2. The fraction of sp³-hybridized carbons (Fsp3) is 0.485. The van der Waals surface area contributed by atoms with E-state index in [1.807, 2.05) is 30.3 Å². The van der Waals surface area contributed by atoms with Gasteiger partial charge in [0.25, 0.3) is 0 Å². The van der Waals surface area contributed by atoms with Crippen LogP contribution >= 0.6 is 0 Å². The summed E-state index contributed by atoms with van der Waals surface area (Å²) in [5.41, 5.74) is 7.06. The van der Waals surface area contributed by atoms with Crippen LogP contribution in [0.5, 0.6) is 5.88 Å². The molecule has 1 aromatic carbocycles. The number of hydrogen-bond acceptors (Lipinski definition) is 5. The van der Waals surface area contributed by atoms with E-state index >= 15 is 0 Å². The number of hydrogen-bond donors (Lipinski definition) is 1. The molecule has 0 spiro atoms. The number of rotatable bonds is 8. The van der Waals surface area contributed by atoms with Gasteiger partial charge in [0.2, 0.25) is 11.8 Å². The van der Waals surface area contributed by atoms with E-state index in [0.29, 0.717) is 11.8 Å². The Labute approximate surface area is 233 Å². The van der Waals surface area contributed by atoms with Crippen LogP contribution in [0.15, 0.2) is 54.7 Å². The third kappa shape index (κ3) is 6.26. The summed E-state index contributed by atoms with van der Waals surface area (Å²) in [4.78, 5) is 24.9. The lowest BCUT2D eigenvalue weighted by Crippen LogP contribution is -2.42. The maximum Gasteiger partial charge on any atom is 0.225 e. The van der Waals surface area contributed by atoms with Crippen LogP contribution < -0.4 is 10.1 Å². The zero-order chi connectivity index (χ0) is 28.3. The van der Waals surface area contributed by atoms with E-state index in [9.17, 15) is 4.79 Å². The fourth-order valence-electron chi connectivity index (χ4n) is 5.88. The molecule has 0 radical (unpaired) electrons. The first kappa shape index (κ1) is 28.6. The molecular formula is C33H44N4O2. The molecule has 208 valence electrons. The van der Waals surface area contributed by atoms with Crippen molar-refractivity contribution in [1.29, 1.82) is 0 Å². The molecule has 1 saturated carbocycles. The minimum atomic E-state index is -0.117. The van der Waals surface area contributed by atoms with Gasteiger partial charge in [-0.25, -0.2) is 4.98 Å². The predicted molar refractivity (Wildman–Crippen MR) is 161 cm³/mol. The highest BCUT2D eigenvalue weighted by Gasteiger charge is 2.35. The summed E-state index contributed by atoms with van der Waals surface area (Å²) in [6.45, 7) is 15.1. The molecule has 3 aromatic rings. The van der Waals surface area contributed by atoms with E-state index in [1.165, 1.54) is 5.57 Å². The van der Waals surface area contributed by atoms with Crippen molar-refractivity contribution in [3.8, 4) is 5.88 Å². The summed E-state index contributed by atoms with van der Waals surface area (Å²) in [5, 5.41) is 3.60. The molecule has 1 amide bonds. The standard InChI is InChI=1S/C33H44N4O2/c1-9-22(3)29-27(20-34-26-18-19-28(39-8)36-30(26)29)35-25-16-14-23(15-17-25)31(33(4,5)6)37(7)32(38)24-12-10-21(2)11-13-24/h14-20,22,24,31,35H,2,9-13H2,1,3-8H3/t22-,31+/m1/s1. The Morgan fingerprint density at radius 1 is 1.15 bits per heavy atom. The monoisotopic (exact) mass is 528 g/mol. The minimum absolute atomic E-state index is 0.0288. The van der Waals surface area contributed by atoms with Crippen molar-refractivity contribution in [3.05, 3.63) is 65.9 Å². The zero-order valence-electron chi connectivity index (χ0n) is 24.7. The van der Waals surface area contributed by atoms with E-state index < -0.39 is 0 Å². The number of allylic oxidation sites excluding steroid dienone is 1. The number of amides is 1. The predicted octanol–water partition coefficient (Wildman–Crippen LogP) is 8.19. The van der Waals surface area contributed by atoms with Crippen LogP contribution in [-0.4, -0.2) is 34.9 Å². The summed E-state index contributed by atoms with van der Waals surface area (Å²) < 4.78 is 5.40. The minimum Gasteiger partial charge on any atom is -0.481 e. The molecular weight excluding hydrogens is 484 g/mol. The maximum absolute atomic E-state index is 13.5. The van der Waals surface area contributed by atoms with Crippen molar-refractivity contribution in [2.75, 3.05) is 19.5 Å². The number of ether oxygens (including phenoxy) is 1. The van der Waals surface area contributed by atoms with Gasteiger partial charge in [0.05, 0.1) is 36.1 Å². The van der Waals surface area contributed by atoms with Gasteiger partial charge in [-0.05, 0) is 67.2 Å². The van der Waals surface area contributed by atoms with Gasteiger partial charge >= 0.3 is 0 Å². The smallest absolute Gasteiger partial charge is 0.225 e. The lowest BCUT2D eigenvalue weighted by Gasteiger charge is -2.40. The van der Waals surface area contributed by atoms with Crippen LogP contribution in [0.3, 0.4) is 0 Å². The van der Waals surface area contributed by atoms with Crippen LogP contribution in [0, 0.1) is 11.3 Å². The molecule has 2 heterocycles. The molecule has 1 aliphatic rings. The number of anilines is 2. The summed E-state index contributed by atoms with van der Waals surface area (Å²) in [6.07, 6.45) is 6.59. The molecule has 1 aliphatic carbocycles. The van der Waals surface area contributed by atoms with E-state index in [1.54, 1.807) is 7.11 Å². The molecule has 1 N–H and O–H groups in total. The highest BCUT2D eigenvalue weighted by molar-refractivity contribution is 5.85. The number of pyridine rings is 2. The number of benzene rings is 1. The van der Waals surface area contributed by atoms with Crippen molar-refractivity contribution in [2.24, 2.45) is 11.3 Å². The summed E-state index contributed by atoms with van der Waals surface area (Å²) in [6, 6.07) is 12.3. The Hall–Kier alpha value is -3.41. The molecule has 2 aromatic heterocycles. The van der Waals surface area contributed by atoms with Crippen LogP contribution in [-0.2, 0) is 4.79 Å². The van der Waals surface area contributed by atoms with Crippen molar-refractivity contribution in [1.82, 2.24) is 14.9 Å². The third-order valence-electron chi connectivity index (χ3n) is 8.14. The van der Waals surface area contributed by atoms with Gasteiger partial charge in [-0.15, -0.1) is 0 Å². The van der Waals surface area contributed by atoms with Gasteiger partial charge in [-0.1, -0.05) is 58.9 Å². The van der Waals surface area contributed by atoms with Crippen molar-refractivity contribution in [3.63, 3.8) is 0 Å². The van der Waals surface area contributed by atoms with Gasteiger partial charge in [0.15, 0.2) is 0 Å². The Bertz CT molecular complexity index is 1320. The molecule has 4 rings (SSSR count). The molecule has 2 atom stereocenters. The normalized spacial score (nSPS) is 16.1. The van der Waals surface area contributed by atoms with Gasteiger partial charge in [0.1, 0.15) is 0 Å². The average molecular weight is 529 g/mol. The molecule has 0 aliphatic heterocycles. The summed E-state index contributed by atoms with van der Waals surface area (Å²) >= 11 is 0. The molecule has 0 bridgehead atoms. The highest BCUT2D eigenvalue weighted by atomic mass is 16.5. The van der Waals surface area contributed by atoms with Crippen molar-refractivity contribution in [2.45, 2.75) is 78.7 Å². The lowest BCUT2D eigenvalue weighted by atomic mass is 9.79. The summed E-state index contributed by atoms with van der Waals surface area (Å²) in [5.74, 6) is 1.20. The third-order valence-corrected chi connectivity index (χ3v) is 8.14. The topological polar surface area (TPSA) is 67.4 Å².